The van der Waals surface area contributed by atoms with Crippen LogP contribution in [0.3, 0.4) is 0 Å². The number of ether oxygens (including phenoxy) is 1. The van der Waals surface area contributed by atoms with Gasteiger partial charge >= 0.3 is 0 Å². The van der Waals surface area contributed by atoms with Crippen LogP contribution in [-0.2, 0) is 13.6 Å². The third kappa shape index (κ3) is 3.35. The zero-order valence-electron chi connectivity index (χ0n) is 11.8. The summed E-state index contributed by atoms with van der Waals surface area (Å²) in [5.41, 5.74) is 3.27. The van der Waals surface area contributed by atoms with E-state index in [1.807, 2.05) is 36.1 Å². The van der Waals surface area contributed by atoms with E-state index in [0.717, 1.165) is 36.5 Å². The van der Waals surface area contributed by atoms with E-state index in [-0.39, 0.29) is 0 Å². The molecule has 1 N–H and O–H groups in total. The van der Waals surface area contributed by atoms with Gasteiger partial charge in [0.15, 0.2) is 0 Å². The van der Waals surface area contributed by atoms with Gasteiger partial charge in [-0.15, -0.1) is 0 Å². The van der Waals surface area contributed by atoms with Crippen molar-refractivity contribution in [1.82, 2.24) is 15.1 Å². The highest BCUT2D eigenvalue weighted by atomic mass is 16.5. The molecule has 0 radical (unpaired) electrons. The van der Waals surface area contributed by atoms with E-state index in [1.165, 1.54) is 5.56 Å². The summed E-state index contributed by atoms with van der Waals surface area (Å²) < 4.78 is 7.22. The average molecular weight is 259 g/mol. The van der Waals surface area contributed by atoms with Crippen molar-refractivity contribution in [1.29, 1.82) is 0 Å². The minimum atomic E-state index is 0.817. The summed E-state index contributed by atoms with van der Waals surface area (Å²) in [7, 11) is 3.63. The molecule has 1 heterocycles. The monoisotopic (exact) mass is 259 g/mol. The normalized spacial score (nSPS) is 10.7. The SMILES string of the molecule is CCCNCc1cc(-c2ccn(C)n2)ccc1OC. The third-order valence-corrected chi connectivity index (χ3v) is 3.03. The van der Waals surface area contributed by atoms with Crippen molar-refractivity contribution < 1.29 is 4.74 Å². The molecule has 0 amide bonds. The molecular weight excluding hydrogens is 238 g/mol. The quantitative estimate of drug-likeness (QED) is 0.810. The van der Waals surface area contributed by atoms with Crippen LogP contribution < -0.4 is 10.1 Å². The number of benzene rings is 1. The Morgan fingerprint density at radius 2 is 2.16 bits per heavy atom. The summed E-state index contributed by atoms with van der Waals surface area (Å²) in [6.45, 7) is 3.99. The fourth-order valence-electron chi connectivity index (χ4n) is 2.04. The molecule has 2 aromatic rings. The van der Waals surface area contributed by atoms with Crippen molar-refractivity contribution >= 4 is 0 Å². The van der Waals surface area contributed by atoms with E-state index in [0.29, 0.717) is 0 Å². The Labute approximate surface area is 114 Å². The minimum absolute atomic E-state index is 0.817. The van der Waals surface area contributed by atoms with Gasteiger partial charge in [0, 0.05) is 30.9 Å². The second-order valence-corrected chi connectivity index (χ2v) is 4.58. The molecule has 4 heteroatoms. The number of nitrogens with zero attached hydrogens (tertiary/aromatic N) is 2. The van der Waals surface area contributed by atoms with Gasteiger partial charge in [0.2, 0.25) is 0 Å². The first-order chi connectivity index (χ1) is 9.24. The number of hydrogen-bond acceptors (Lipinski definition) is 3. The molecule has 1 aromatic heterocycles. The maximum absolute atomic E-state index is 5.41. The standard InChI is InChI=1S/C15H21N3O/c1-4-8-16-11-13-10-12(5-6-15(13)19-3)14-7-9-18(2)17-14/h5-7,9-10,16H,4,8,11H2,1-3H3. The lowest BCUT2D eigenvalue weighted by atomic mass is 10.1. The Morgan fingerprint density at radius 3 is 2.79 bits per heavy atom. The third-order valence-electron chi connectivity index (χ3n) is 3.03. The van der Waals surface area contributed by atoms with Gasteiger partial charge in [-0.05, 0) is 37.2 Å². The predicted octanol–water partition coefficient (Wildman–Crippen LogP) is 2.60. The maximum atomic E-state index is 5.41. The van der Waals surface area contributed by atoms with Crippen LogP contribution >= 0.6 is 0 Å². The fourth-order valence-corrected chi connectivity index (χ4v) is 2.04. The fraction of sp³-hybridized carbons (Fsp3) is 0.400. The molecule has 2 rings (SSSR count). The van der Waals surface area contributed by atoms with Crippen LogP contribution in [0.5, 0.6) is 5.75 Å². The van der Waals surface area contributed by atoms with Gasteiger partial charge in [-0.3, -0.25) is 4.68 Å². The van der Waals surface area contributed by atoms with Crippen LogP contribution in [0, 0.1) is 0 Å². The van der Waals surface area contributed by atoms with Crippen LogP contribution in [0.4, 0.5) is 0 Å². The Balaban J connectivity index is 2.24. The van der Waals surface area contributed by atoms with E-state index >= 15 is 0 Å². The molecule has 0 unspecified atom stereocenters. The van der Waals surface area contributed by atoms with Gasteiger partial charge in [0.25, 0.3) is 0 Å². The number of aromatic nitrogens is 2. The number of rotatable bonds is 6. The first-order valence-electron chi connectivity index (χ1n) is 6.62. The summed E-state index contributed by atoms with van der Waals surface area (Å²) in [5.74, 6) is 0.920. The van der Waals surface area contributed by atoms with Gasteiger partial charge in [-0.2, -0.15) is 5.10 Å². The minimum Gasteiger partial charge on any atom is -0.496 e. The molecule has 4 nitrogen and oxygen atoms in total. The lowest BCUT2D eigenvalue weighted by Crippen LogP contribution is -2.14. The van der Waals surface area contributed by atoms with E-state index < -0.39 is 0 Å². The summed E-state index contributed by atoms with van der Waals surface area (Å²) in [6.07, 6.45) is 3.08. The lowest BCUT2D eigenvalue weighted by Gasteiger charge is -2.10. The molecule has 0 aliphatic rings. The zero-order chi connectivity index (χ0) is 13.7. The van der Waals surface area contributed by atoms with Gasteiger partial charge in [0.05, 0.1) is 12.8 Å². The van der Waals surface area contributed by atoms with Crippen molar-refractivity contribution in [2.45, 2.75) is 19.9 Å². The van der Waals surface area contributed by atoms with Gasteiger partial charge in [-0.1, -0.05) is 6.92 Å². The number of hydrogen-bond donors (Lipinski definition) is 1. The van der Waals surface area contributed by atoms with E-state index in [2.05, 4.69) is 23.4 Å². The van der Waals surface area contributed by atoms with Crippen LogP contribution in [0.1, 0.15) is 18.9 Å². The molecule has 0 saturated carbocycles. The summed E-state index contributed by atoms with van der Waals surface area (Å²) in [6, 6.07) is 8.21. The van der Waals surface area contributed by atoms with Gasteiger partial charge in [-0.25, -0.2) is 0 Å². The average Bonchev–Trinajstić information content (AvgIpc) is 2.85. The maximum Gasteiger partial charge on any atom is 0.123 e. The molecule has 102 valence electrons. The predicted molar refractivity (Wildman–Crippen MR) is 77.2 cm³/mol. The topological polar surface area (TPSA) is 39.1 Å². The first kappa shape index (κ1) is 13.6. The molecule has 0 aliphatic carbocycles. The molecule has 0 fully saturated rings. The van der Waals surface area contributed by atoms with Crippen LogP contribution in [0.15, 0.2) is 30.5 Å². The molecule has 0 saturated heterocycles. The highest BCUT2D eigenvalue weighted by Gasteiger charge is 2.07. The van der Waals surface area contributed by atoms with Crippen LogP contribution in [0.25, 0.3) is 11.3 Å². The second kappa shape index (κ2) is 6.38. The Bertz CT molecular complexity index is 534. The van der Waals surface area contributed by atoms with Crippen LogP contribution in [0.2, 0.25) is 0 Å². The summed E-state index contributed by atoms with van der Waals surface area (Å²) in [4.78, 5) is 0. The van der Waals surface area contributed by atoms with E-state index in [4.69, 9.17) is 4.74 Å². The molecule has 1 aromatic carbocycles. The highest BCUT2D eigenvalue weighted by molar-refractivity contribution is 5.61. The Hall–Kier alpha value is -1.81. The molecular formula is C15H21N3O. The van der Waals surface area contributed by atoms with Gasteiger partial charge < -0.3 is 10.1 Å². The molecule has 0 spiro atoms. The smallest absolute Gasteiger partial charge is 0.123 e. The lowest BCUT2D eigenvalue weighted by molar-refractivity contribution is 0.408. The van der Waals surface area contributed by atoms with Crippen molar-refractivity contribution in [2.75, 3.05) is 13.7 Å². The number of methoxy groups -OCH3 is 1. The van der Waals surface area contributed by atoms with Crippen molar-refractivity contribution in [3.63, 3.8) is 0 Å². The Kier molecular flexibility index (Phi) is 4.58. The largest absolute Gasteiger partial charge is 0.496 e. The molecule has 0 bridgehead atoms. The molecule has 0 aliphatic heterocycles. The zero-order valence-corrected chi connectivity index (χ0v) is 11.8. The summed E-state index contributed by atoms with van der Waals surface area (Å²) >= 11 is 0. The van der Waals surface area contributed by atoms with E-state index in [1.54, 1.807) is 7.11 Å². The van der Waals surface area contributed by atoms with Gasteiger partial charge in [0.1, 0.15) is 5.75 Å². The molecule has 19 heavy (non-hydrogen) atoms. The number of nitrogens with one attached hydrogen (secondary N) is 1. The van der Waals surface area contributed by atoms with Crippen molar-refractivity contribution in [3.05, 3.63) is 36.0 Å². The van der Waals surface area contributed by atoms with E-state index in [9.17, 15) is 0 Å². The highest BCUT2D eigenvalue weighted by Crippen LogP contribution is 2.25. The van der Waals surface area contributed by atoms with Crippen molar-refractivity contribution in [2.24, 2.45) is 7.05 Å². The summed E-state index contributed by atoms with van der Waals surface area (Å²) in [5, 5.41) is 7.83. The Morgan fingerprint density at radius 1 is 1.32 bits per heavy atom. The second-order valence-electron chi connectivity index (χ2n) is 4.58. The molecule has 0 atom stereocenters. The van der Waals surface area contributed by atoms with Crippen molar-refractivity contribution in [3.8, 4) is 17.0 Å². The van der Waals surface area contributed by atoms with Crippen LogP contribution in [-0.4, -0.2) is 23.4 Å². The first-order valence-corrected chi connectivity index (χ1v) is 6.62. The number of aryl methyl sites for hydroxylation is 1.